The van der Waals surface area contributed by atoms with Crippen molar-refractivity contribution in [2.45, 2.75) is 27.2 Å². The molecule has 1 aromatic heterocycles. The molecule has 2 amide bonds. The average Bonchev–Trinajstić information content (AvgIpc) is 2.99. The second-order valence-corrected chi connectivity index (χ2v) is 7.75. The number of ether oxygens (including phenoxy) is 1. The molecule has 0 radical (unpaired) electrons. The van der Waals surface area contributed by atoms with Crippen molar-refractivity contribution in [2.75, 3.05) is 25.5 Å². The molecular formula is C19H25N3O3S. The molecule has 2 aromatic rings. The number of benzene rings is 1. The van der Waals surface area contributed by atoms with Crippen molar-refractivity contribution in [1.82, 2.24) is 9.88 Å². The summed E-state index contributed by atoms with van der Waals surface area (Å²) >= 11 is 1.41. The van der Waals surface area contributed by atoms with E-state index in [0.29, 0.717) is 11.7 Å². The molecule has 0 saturated carbocycles. The summed E-state index contributed by atoms with van der Waals surface area (Å²) in [5.74, 6) is 0.709. The second kappa shape index (κ2) is 9.33. The molecule has 0 spiro atoms. The minimum atomic E-state index is -0.233. The van der Waals surface area contributed by atoms with Crippen molar-refractivity contribution in [2.24, 2.45) is 5.92 Å². The summed E-state index contributed by atoms with van der Waals surface area (Å²) in [6.07, 6.45) is 1.96. The van der Waals surface area contributed by atoms with Crippen LogP contribution in [0.15, 0.2) is 30.5 Å². The number of thiazole rings is 1. The molecule has 0 unspecified atom stereocenters. The maximum Gasteiger partial charge on any atom is 0.245 e. The van der Waals surface area contributed by atoms with Crippen LogP contribution in [0.25, 0.3) is 0 Å². The van der Waals surface area contributed by atoms with Crippen LogP contribution in [0.2, 0.25) is 0 Å². The largest absolute Gasteiger partial charge is 0.497 e. The molecule has 1 aromatic carbocycles. The van der Waals surface area contributed by atoms with E-state index in [-0.39, 0.29) is 30.7 Å². The van der Waals surface area contributed by atoms with Crippen LogP contribution in [0.3, 0.4) is 0 Å². The fourth-order valence-corrected chi connectivity index (χ4v) is 3.15. The Morgan fingerprint density at radius 3 is 2.50 bits per heavy atom. The number of aromatic nitrogens is 1. The third-order valence-corrected chi connectivity index (χ3v) is 4.48. The number of nitrogens with zero attached hydrogens (tertiary/aromatic N) is 2. The Balaban J connectivity index is 1.99. The predicted molar refractivity (Wildman–Crippen MR) is 104 cm³/mol. The van der Waals surface area contributed by atoms with Crippen molar-refractivity contribution >= 4 is 28.3 Å². The lowest BCUT2D eigenvalue weighted by Crippen LogP contribution is -2.41. The monoisotopic (exact) mass is 375 g/mol. The highest BCUT2D eigenvalue weighted by Crippen LogP contribution is 2.17. The lowest BCUT2D eigenvalue weighted by atomic mass is 10.1. The van der Waals surface area contributed by atoms with Gasteiger partial charge in [0.05, 0.1) is 20.1 Å². The molecule has 0 aliphatic carbocycles. The molecule has 2 rings (SSSR count). The Labute approximate surface area is 158 Å². The van der Waals surface area contributed by atoms with E-state index in [4.69, 9.17) is 4.74 Å². The molecule has 0 bridgehead atoms. The van der Waals surface area contributed by atoms with Gasteiger partial charge in [0.1, 0.15) is 5.75 Å². The maximum atomic E-state index is 12.7. The fourth-order valence-electron chi connectivity index (χ4n) is 2.47. The minimum absolute atomic E-state index is 0.0196. The van der Waals surface area contributed by atoms with Crippen molar-refractivity contribution in [3.05, 3.63) is 40.9 Å². The van der Waals surface area contributed by atoms with Gasteiger partial charge in [-0.3, -0.25) is 9.59 Å². The average molecular weight is 375 g/mol. The fraction of sp³-hybridized carbons (Fsp3) is 0.421. The summed E-state index contributed by atoms with van der Waals surface area (Å²) < 4.78 is 5.13. The van der Waals surface area contributed by atoms with Gasteiger partial charge in [-0.25, -0.2) is 4.98 Å². The quantitative estimate of drug-likeness (QED) is 0.769. The van der Waals surface area contributed by atoms with Crippen LogP contribution in [0.1, 0.15) is 24.3 Å². The van der Waals surface area contributed by atoms with Gasteiger partial charge in [-0.05, 0) is 30.5 Å². The molecule has 0 fully saturated rings. The number of rotatable bonds is 8. The Morgan fingerprint density at radius 1 is 1.27 bits per heavy atom. The lowest BCUT2D eigenvalue weighted by molar-refractivity contribution is -0.134. The zero-order valence-corrected chi connectivity index (χ0v) is 16.4. The molecule has 140 valence electrons. The summed E-state index contributed by atoms with van der Waals surface area (Å²) in [5.41, 5.74) is 0.889. The van der Waals surface area contributed by atoms with Gasteiger partial charge in [-0.2, -0.15) is 0 Å². The number of carbonyl (C=O) groups excluding carboxylic acids is 2. The maximum absolute atomic E-state index is 12.7. The summed E-state index contributed by atoms with van der Waals surface area (Å²) in [6.45, 7) is 6.52. The van der Waals surface area contributed by atoms with Crippen LogP contribution in [-0.4, -0.2) is 41.9 Å². The number of hydrogen-bond donors (Lipinski definition) is 1. The van der Waals surface area contributed by atoms with Crippen LogP contribution in [0, 0.1) is 12.8 Å². The highest BCUT2D eigenvalue weighted by molar-refractivity contribution is 7.15. The smallest absolute Gasteiger partial charge is 0.245 e. The van der Waals surface area contributed by atoms with Gasteiger partial charge in [0.2, 0.25) is 11.8 Å². The highest BCUT2D eigenvalue weighted by atomic mass is 32.1. The Kier molecular flexibility index (Phi) is 7.15. The van der Waals surface area contributed by atoms with E-state index in [2.05, 4.69) is 10.3 Å². The zero-order valence-electron chi connectivity index (χ0n) is 15.6. The van der Waals surface area contributed by atoms with Crippen LogP contribution in [-0.2, 0) is 16.0 Å². The predicted octanol–water partition coefficient (Wildman–Crippen LogP) is 3.13. The third-order valence-electron chi connectivity index (χ3n) is 3.65. The number of anilines is 1. The van der Waals surface area contributed by atoms with Gasteiger partial charge < -0.3 is 15.0 Å². The van der Waals surface area contributed by atoms with Crippen molar-refractivity contribution in [3.63, 3.8) is 0 Å². The van der Waals surface area contributed by atoms with E-state index in [9.17, 15) is 9.59 Å². The summed E-state index contributed by atoms with van der Waals surface area (Å²) in [5, 5.41) is 3.31. The molecule has 0 saturated heterocycles. The van der Waals surface area contributed by atoms with Crippen LogP contribution < -0.4 is 10.1 Å². The van der Waals surface area contributed by atoms with Crippen LogP contribution in [0.5, 0.6) is 5.75 Å². The first-order valence-corrected chi connectivity index (χ1v) is 9.32. The zero-order chi connectivity index (χ0) is 19.1. The van der Waals surface area contributed by atoms with Crippen LogP contribution >= 0.6 is 11.3 Å². The highest BCUT2D eigenvalue weighted by Gasteiger charge is 2.19. The molecule has 0 aliphatic heterocycles. The summed E-state index contributed by atoms with van der Waals surface area (Å²) in [4.78, 5) is 31.7. The van der Waals surface area contributed by atoms with Crippen molar-refractivity contribution < 1.29 is 14.3 Å². The van der Waals surface area contributed by atoms with Gasteiger partial charge in [0.15, 0.2) is 5.13 Å². The Morgan fingerprint density at radius 2 is 1.96 bits per heavy atom. The number of hydrogen-bond acceptors (Lipinski definition) is 5. The summed E-state index contributed by atoms with van der Waals surface area (Å²) in [7, 11) is 1.60. The topological polar surface area (TPSA) is 71.5 Å². The normalized spacial score (nSPS) is 10.7. The SMILES string of the molecule is COc1ccc(CC(=O)N(CC(=O)Nc2ncc(C)s2)CC(C)C)cc1. The first-order chi connectivity index (χ1) is 12.4. The number of amides is 2. The number of nitrogens with one attached hydrogen (secondary N) is 1. The van der Waals surface area contributed by atoms with E-state index in [0.717, 1.165) is 16.2 Å². The molecule has 7 heteroatoms. The standard InChI is InChI=1S/C19H25N3O3S/c1-13(2)11-22(12-17(23)21-19-20-10-14(3)26-19)18(24)9-15-5-7-16(25-4)8-6-15/h5-8,10,13H,9,11-12H2,1-4H3,(H,20,21,23). The number of aryl methyl sites for hydroxylation is 1. The second-order valence-electron chi connectivity index (χ2n) is 6.52. The van der Waals surface area contributed by atoms with Gasteiger partial charge in [-0.1, -0.05) is 26.0 Å². The Bertz CT molecular complexity index is 741. The first kappa shape index (κ1) is 19.9. The molecule has 0 atom stereocenters. The van der Waals surface area contributed by atoms with Gasteiger partial charge in [-0.15, -0.1) is 11.3 Å². The summed E-state index contributed by atoms with van der Waals surface area (Å²) in [6, 6.07) is 7.38. The molecule has 6 nitrogen and oxygen atoms in total. The van der Waals surface area contributed by atoms with Gasteiger partial charge in [0, 0.05) is 17.6 Å². The lowest BCUT2D eigenvalue weighted by Gasteiger charge is -2.24. The van der Waals surface area contributed by atoms with Crippen molar-refractivity contribution in [1.29, 1.82) is 0 Å². The van der Waals surface area contributed by atoms with E-state index in [1.807, 2.05) is 45.0 Å². The van der Waals surface area contributed by atoms with Crippen molar-refractivity contribution in [3.8, 4) is 5.75 Å². The van der Waals surface area contributed by atoms with E-state index in [1.165, 1.54) is 11.3 Å². The van der Waals surface area contributed by atoms with Gasteiger partial charge >= 0.3 is 0 Å². The molecule has 0 aliphatic rings. The van der Waals surface area contributed by atoms with Gasteiger partial charge in [0.25, 0.3) is 0 Å². The Hall–Kier alpha value is -2.41. The van der Waals surface area contributed by atoms with E-state index < -0.39 is 0 Å². The molecule has 1 N–H and O–H groups in total. The third kappa shape index (κ3) is 6.15. The van der Waals surface area contributed by atoms with Crippen LogP contribution in [0.4, 0.5) is 5.13 Å². The minimum Gasteiger partial charge on any atom is -0.497 e. The number of carbonyl (C=O) groups is 2. The first-order valence-electron chi connectivity index (χ1n) is 8.50. The molecular weight excluding hydrogens is 350 g/mol. The van der Waals surface area contributed by atoms with E-state index in [1.54, 1.807) is 18.2 Å². The van der Waals surface area contributed by atoms with E-state index >= 15 is 0 Å². The molecule has 26 heavy (non-hydrogen) atoms. The number of methoxy groups -OCH3 is 1. The molecule has 1 heterocycles.